The van der Waals surface area contributed by atoms with Crippen LogP contribution in [0.2, 0.25) is 0 Å². The van der Waals surface area contributed by atoms with Crippen molar-refractivity contribution in [1.29, 1.82) is 0 Å². The molecule has 3 aromatic rings. The fraction of sp³-hybridized carbons (Fsp3) is 0.320. The van der Waals surface area contributed by atoms with E-state index < -0.39 is 0 Å². The second-order valence-corrected chi connectivity index (χ2v) is 7.74. The van der Waals surface area contributed by atoms with E-state index in [1.807, 2.05) is 36.4 Å². The zero-order chi connectivity index (χ0) is 20.1. The maximum absolute atomic E-state index is 12.8. The Morgan fingerprint density at radius 2 is 1.59 bits per heavy atom. The first-order valence-electron chi connectivity index (χ1n) is 10.4. The molecule has 1 aliphatic rings. The van der Waals surface area contributed by atoms with E-state index in [-0.39, 0.29) is 5.91 Å². The fourth-order valence-electron chi connectivity index (χ4n) is 3.98. The number of carbonyl (C=O) groups is 1. The van der Waals surface area contributed by atoms with Gasteiger partial charge in [-0.05, 0) is 60.0 Å². The summed E-state index contributed by atoms with van der Waals surface area (Å²) in [6, 6.07) is 20.4. The number of hydrogen-bond donors (Lipinski definition) is 1. The molecule has 0 atom stereocenters. The number of carbonyl (C=O) groups excluding carboxylic acids is 1. The lowest BCUT2D eigenvalue weighted by atomic mass is 10.0. The predicted molar refractivity (Wildman–Crippen MR) is 117 cm³/mol. The summed E-state index contributed by atoms with van der Waals surface area (Å²) < 4.78 is 5.45. The van der Waals surface area contributed by atoms with Gasteiger partial charge in [0.25, 0.3) is 5.91 Å². The Hall–Kier alpha value is -2.85. The van der Waals surface area contributed by atoms with E-state index in [2.05, 4.69) is 34.5 Å². The first-order chi connectivity index (χ1) is 14.2. The van der Waals surface area contributed by atoms with Crippen LogP contribution in [-0.4, -0.2) is 31.0 Å². The van der Waals surface area contributed by atoms with Crippen LogP contribution in [0, 0.1) is 0 Å². The molecule has 1 amide bonds. The molecule has 4 heteroatoms. The average molecular weight is 389 g/mol. The van der Waals surface area contributed by atoms with E-state index in [4.69, 9.17) is 4.74 Å². The molecular formula is C25H28N2O2. The normalized spacial score (nSPS) is 14.7. The van der Waals surface area contributed by atoms with Crippen molar-refractivity contribution in [3.63, 3.8) is 0 Å². The average Bonchev–Trinajstić information content (AvgIpc) is 2.78. The minimum absolute atomic E-state index is 0.120. The van der Waals surface area contributed by atoms with Crippen molar-refractivity contribution >= 4 is 16.7 Å². The Balaban J connectivity index is 1.39. The predicted octanol–water partition coefficient (Wildman–Crippen LogP) is 4.76. The van der Waals surface area contributed by atoms with Crippen molar-refractivity contribution in [3.8, 4) is 5.75 Å². The number of rotatable bonds is 6. The Morgan fingerprint density at radius 1 is 0.931 bits per heavy atom. The fourth-order valence-corrected chi connectivity index (χ4v) is 3.98. The second-order valence-electron chi connectivity index (χ2n) is 7.74. The molecule has 3 aromatic carbocycles. The molecule has 0 spiro atoms. The van der Waals surface area contributed by atoms with E-state index in [0.717, 1.165) is 22.9 Å². The Bertz CT molecular complexity index is 976. The van der Waals surface area contributed by atoms with Crippen LogP contribution in [0.5, 0.6) is 5.75 Å². The number of hydrogen-bond acceptors (Lipinski definition) is 3. The van der Waals surface area contributed by atoms with Crippen LogP contribution in [0.3, 0.4) is 0 Å². The van der Waals surface area contributed by atoms with E-state index >= 15 is 0 Å². The first kappa shape index (κ1) is 19.5. The molecule has 29 heavy (non-hydrogen) atoms. The van der Waals surface area contributed by atoms with Crippen molar-refractivity contribution in [3.05, 3.63) is 77.4 Å². The minimum atomic E-state index is -0.120. The summed E-state index contributed by atoms with van der Waals surface area (Å²) in [5, 5.41) is 5.11. The molecule has 150 valence electrons. The van der Waals surface area contributed by atoms with Gasteiger partial charge < -0.3 is 10.1 Å². The lowest BCUT2D eigenvalue weighted by Crippen LogP contribution is -2.29. The highest BCUT2D eigenvalue weighted by Gasteiger charge is 2.14. The van der Waals surface area contributed by atoms with Gasteiger partial charge in [0.2, 0.25) is 0 Å². The molecule has 0 aliphatic carbocycles. The third kappa shape index (κ3) is 4.77. The number of likely N-dealkylation sites (tertiary alicyclic amines) is 1. The quantitative estimate of drug-likeness (QED) is 0.662. The number of piperidine rings is 1. The third-order valence-electron chi connectivity index (χ3n) is 5.64. The maximum atomic E-state index is 12.8. The van der Waals surface area contributed by atoms with Crippen LogP contribution in [0.25, 0.3) is 10.8 Å². The van der Waals surface area contributed by atoms with Gasteiger partial charge in [0, 0.05) is 13.1 Å². The molecule has 4 nitrogen and oxygen atoms in total. The van der Waals surface area contributed by atoms with Gasteiger partial charge in [-0.15, -0.1) is 0 Å². The molecular weight excluding hydrogens is 360 g/mol. The molecule has 1 N–H and O–H groups in total. The summed E-state index contributed by atoms with van der Waals surface area (Å²) in [6.45, 7) is 3.91. The highest BCUT2D eigenvalue weighted by molar-refractivity contribution is 6.01. The minimum Gasteiger partial charge on any atom is -0.496 e. The van der Waals surface area contributed by atoms with Crippen molar-refractivity contribution < 1.29 is 9.53 Å². The summed E-state index contributed by atoms with van der Waals surface area (Å²) in [5.41, 5.74) is 2.99. The Morgan fingerprint density at radius 3 is 2.28 bits per heavy atom. The van der Waals surface area contributed by atoms with Gasteiger partial charge >= 0.3 is 0 Å². The molecule has 1 heterocycles. The van der Waals surface area contributed by atoms with Crippen molar-refractivity contribution in [2.75, 3.05) is 20.2 Å². The molecule has 1 saturated heterocycles. The van der Waals surface area contributed by atoms with E-state index in [1.54, 1.807) is 7.11 Å². The third-order valence-corrected chi connectivity index (χ3v) is 5.64. The molecule has 1 fully saturated rings. The van der Waals surface area contributed by atoms with Crippen LogP contribution >= 0.6 is 0 Å². The van der Waals surface area contributed by atoms with Gasteiger partial charge in [0.15, 0.2) is 0 Å². The molecule has 1 aliphatic heterocycles. The van der Waals surface area contributed by atoms with E-state index in [1.165, 1.54) is 37.9 Å². The number of nitrogens with zero attached hydrogens (tertiary/aromatic N) is 1. The number of nitrogens with one attached hydrogen (secondary N) is 1. The first-order valence-corrected chi connectivity index (χ1v) is 10.4. The van der Waals surface area contributed by atoms with Crippen LogP contribution in [0.15, 0.2) is 60.7 Å². The van der Waals surface area contributed by atoms with Crippen molar-refractivity contribution in [2.24, 2.45) is 0 Å². The van der Waals surface area contributed by atoms with Gasteiger partial charge in [0.05, 0.1) is 12.7 Å². The molecule has 0 aromatic heterocycles. The topological polar surface area (TPSA) is 41.6 Å². The summed E-state index contributed by atoms with van der Waals surface area (Å²) in [6.07, 6.45) is 3.97. The van der Waals surface area contributed by atoms with Gasteiger partial charge in [-0.25, -0.2) is 0 Å². The zero-order valence-corrected chi connectivity index (χ0v) is 17.0. The Labute approximate surface area is 172 Å². The molecule has 4 rings (SSSR count). The smallest absolute Gasteiger partial charge is 0.255 e. The molecule has 0 unspecified atom stereocenters. The highest BCUT2D eigenvalue weighted by Crippen LogP contribution is 2.26. The van der Waals surface area contributed by atoms with Gasteiger partial charge in [-0.2, -0.15) is 0 Å². The summed E-state index contributed by atoms with van der Waals surface area (Å²) in [4.78, 5) is 15.3. The maximum Gasteiger partial charge on any atom is 0.255 e. The molecule has 0 radical (unpaired) electrons. The van der Waals surface area contributed by atoms with Crippen LogP contribution in [0.4, 0.5) is 0 Å². The van der Waals surface area contributed by atoms with Crippen LogP contribution in [0.1, 0.15) is 40.7 Å². The zero-order valence-electron chi connectivity index (χ0n) is 17.0. The van der Waals surface area contributed by atoms with Crippen LogP contribution in [-0.2, 0) is 13.1 Å². The van der Waals surface area contributed by atoms with Crippen molar-refractivity contribution in [1.82, 2.24) is 10.2 Å². The number of amides is 1. The van der Waals surface area contributed by atoms with E-state index in [0.29, 0.717) is 17.9 Å². The SMILES string of the molecule is COc1cc2ccccc2cc1C(=O)NCc1ccc(CN2CCCCC2)cc1. The number of fused-ring (bicyclic) bond motifs is 1. The standard InChI is InChI=1S/C25H28N2O2/c1-29-24-16-22-8-4-3-7-21(22)15-23(24)25(28)26-17-19-9-11-20(12-10-19)18-27-13-5-2-6-14-27/h3-4,7-12,15-16H,2,5-6,13-14,17-18H2,1H3,(H,26,28). The molecule has 0 saturated carbocycles. The van der Waals surface area contributed by atoms with Crippen LogP contribution < -0.4 is 10.1 Å². The number of ether oxygens (including phenoxy) is 1. The summed E-state index contributed by atoms with van der Waals surface area (Å²) >= 11 is 0. The van der Waals surface area contributed by atoms with Gasteiger partial charge in [-0.1, -0.05) is 55.0 Å². The van der Waals surface area contributed by atoms with Gasteiger partial charge in [0.1, 0.15) is 5.75 Å². The summed E-state index contributed by atoms with van der Waals surface area (Å²) in [7, 11) is 1.60. The van der Waals surface area contributed by atoms with E-state index in [9.17, 15) is 4.79 Å². The molecule has 0 bridgehead atoms. The van der Waals surface area contributed by atoms with Crippen molar-refractivity contribution in [2.45, 2.75) is 32.4 Å². The monoisotopic (exact) mass is 388 g/mol. The largest absolute Gasteiger partial charge is 0.496 e. The number of methoxy groups -OCH3 is 1. The number of benzene rings is 3. The lowest BCUT2D eigenvalue weighted by molar-refractivity contribution is 0.0948. The Kier molecular flexibility index (Phi) is 6.11. The second kappa shape index (κ2) is 9.10. The van der Waals surface area contributed by atoms with Gasteiger partial charge in [-0.3, -0.25) is 9.69 Å². The highest BCUT2D eigenvalue weighted by atomic mass is 16.5. The lowest BCUT2D eigenvalue weighted by Gasteiger charge is -2.26. The summed E-state index contributed by atoms with van der Waals surface area (Å²) in [5.74, 6) is 0.475.